The van der Waals surface area contributed by atoms with Crippen LogP contribution in [0.25, 0.3) is 0 Å². The summed E-state index contributed by atoms with van der Waals surface area (Å²) in [5.41, 5.74) is 5.14. The maximum atomic E-state index is 11.5. The molecule has 1 rings (SSSR count). The summed E-state index contributed by atoms with van der Waals surface area (Å²) in [7, 11) is 1.23. The molecule has 92 valence electrons. The van der Waals surface area contributed by atoms with E-state index >= 15 is 0 Å². The third-order valence-corrected chi connectivity index (χ3v) is 2.61. The fraction of sp³-hybridized carbons (Fsp3) is 0.333. The number of carbonyl (C=O) groups excluding carboxylic acids is 1. The molecule has 7 nitrogen and oxygen atoms in total. The number of hydrogen-bond donors (Lipinski definition) is 2. The average molecular weight is 257 g/mol. The summed E-state index contributed by atoms with van der Waals surface area (Å²) in [6.07, 6.45) is 0. The first kappa shape index (κ1) is 13.3. The number of carboxylic acid groups (broad SMARTS) is 1. The fourth-order valence-corrected chi connectivity index (χ4v) is 1.82. The minimum atomic E-state index is -1.28. The summed E-state index contributed by atoms with van der Waals surface area (Å²) in [4.78, 5) is 30.6. The Kier molecular flexibility index (Phi) is 4.30. The standard InChI is InChI=1S/C9H11N3O4S/c1-4(10)7(13)8-11-5(3-17-8)6(9(14)15)12-16-2/h3-4H,10H2,1-2H3,(H,14,15)/b12-6+/t4-/m0/s1. The molecule has 1 aromatic rings. The van der Waals surface area contributed by atoms with Crippen molar-refractivity contribution in [2.75, 3.05) is 7.11 Å². The first-order valence-corrected chi connectivity index (χ1v) is 5.45. The molecule has 0 radical (unpaired) electrons. The van der Waals surface area contributed by atoms with Gasteiger partial charge < -0.3 is 15.7 Å². The summed E-state index contributed by atoms with van der Waals surface area (Å²) < 4.78 is 0. The number of ketones is 1. The first-order valence-electron chi connectivity index (χ1n) is 4.57. The quantitative estimate of drug-likeness (QED) is 0.439. The predicted molar refractivity (Wildman–Crippen MR) is 61.3 cm³/mol. The molecule has 0 spiro atoms. The van der Waals surface area contributed by atoms with Crippen molar-refractivity contribution in [1.29, 1.82) is 0 Å². The second kappa shape index (κ2) is 5.51. The van der Waals surface area contributed by atoms with Gasteiger partial charge >= 0.3 is 5.97 Å². The lowest BCUT2D eigenvalue weighted by molar-refractivity contribution is -0.129. The minimum Gasteiger partial charge on any atom is -0.476 e. The maximum absolute atomic E-state index is 11.5. The molecule has 0 aliphatic heterocycles. The van der Waals surface area contributed by atoms with Crippen LogP contribution in [0.1, 0.15) is 22.4 Å². The Morgan fingerprint density at radius 2 is 2.29 bits per heavy atom. The third-order valence-electron chi connectivity index (χ3n) is 1.76. The number of hydrogen-bond acceptors (Lipinski definition) is 7. The van der Waals surface area contributed by atoms with Gasteiger partial charge in [-0.2, -0.15) is 0 Å². The van der Waals surface area contributed by atoms with Crippen LogP contribution in [0.3, 0.4) is 0 Å². The Morgan fingerprint density at radius 1 is 1.65 bits per heavy atom. The largest absolute Gasteiger partial charge is 0.476 e. The first-order chi connectivity index (χ1) is 7.97. The van der Waals surface area contributed by atoms with Gasteiger partial charge in [0.2, 0.25) is 11.5 Å². The summed E-state index contributed by atoms with van der Waals surface area (Å²) >= 11 is 1.02. The Bertz CT molecular complexity index is 467. The number of carbonyl (C=O) groups is 2. The lowest BCUT2D eigenvalue weighted by Crippen LogP contribution is -2.26. The molecule has 3 N–H and O–H groups in total. The zero-order valence-corrected chi connectivity index (χ0v) is 10.0. The van der Waals surface area contributed by atoms with Gasteiger partial charge in [0.25, 0.3) is 0 Å². The molecule has 0 fully saturated rings. The lowest BCUT2D eigenvalue weighted by Gasteiger charge is -1.99. The molecule has 0 saturated carbocycles. The van der Waals surface area contributed by atoms with E-state index in [0.717, 1.165) is 11.3 Å². The second-order valence-electron chi connectivity index (χ2n) is 3.12. The van der Waals surface area contributed by atoms with Crippen LogP contribution in [0.4, 0.5) is 0 Å². The van der Waals surface area contributed by atoms with Crippen LogP contribution >= 0.6 is 11.3 Å². The highest BCUT2D eigenvalue weighted by atomic mass is 32.1. The monoisotopic (exact) mass is 257 g/mol. The van der Waals surface area contributed by atoms with E-state index in [9.17, 15) is 9.59 Å². The molecule has 0 amide bonds. The van der Waals surface area contributed by atoms with E-state index in [2.05, 4.69) is 15.0 Å². The van der Waals surface area contributed by atoms with Crippen LogP contribution in [0.5, 0.6) is 0 Å². The summed E-state index contributed by atoms with van der Waals surface area (Å²) in [5, 5.41) is 13.8. The van der Waals surface area contributed by atoms with Gasteiger partial charge in [-0.15, -0.1) is 11.3 Å². The van der Waals surface area contributed by atoms with Crippen molar-refractivity contribution < 1.29 is 19.5 Å². The van der Waals surface area contributed by atoms with E-state index in [1.807, 2.05) is 0 Å². The number of nitrogens with two attached hydrogens (primary N) is 1. The highest BCUT2D eigenvalue weighted by Gasteiger charge is 2.21. The molecular formula is C9H11N3O4S. The third kappa shape index (κ3) is 3.08. The van der Waals surface area contributed by atoms with E-state index in [1.54, 1.807) is 0 Å². The number of thiazole rings is 1. The van der Waals surface area contributed by atoms with E-state index in [-0.39, 0.29) is 22.2 Å². The molecule has 1 heterocycles. The second-order valence-corrected chi connectivity index (χ2v) is 3.98. The van der Waals surface area contributed by atoms with Crippen molar-refractivity contribution in [3.05, 3.63) is 16.1 Å². The van der Waals surface area contributed by atoms with Crippen molar-refractivity contribution in [3.8, 4) is 0 Å². The number of Topliss-reactive ketones (excluding diaryl/α,β-unsaturated/α-hetero) is 1. The number of aromatic nitrogens is 1. The molecule has 17 heavy (non-hydrogen) atoms. The molecule has 0 aliphatic rings. The Balaban J connectivity index is 3.05. The van der Waals surface area contributed by atoms with Crippen LogP contribution < -0.4 is 5.73 Å². The van der Waals surface area contributed by atoms with Gasteiger partial charge in [0.05, 0.1) is 6.04 Å². The van der Waals surface area contributed by atoms with Gasteiger partial charge in [-0.1, -0.05) is 5.16 Å². The van der Waals surface area contributed by atoms with Gasteiger partial charge in [0, 0.05) is 5.38 Å². The molecule has 0 unspecified atom stereocenters. The normalized spacial score (nSPS) is 13.2. The van der Waals surface area contributed by atoms with Crippen molar-refractivity contribution in [2.45, 2.75) is 13.0 Å². The number of nitrogens with zero attached hydrogens (tertiary/aromatic N) is 2. The van der Waals surface area contributed by atoms with Gasteiger partial charge in [-0.25, -0.2) is 9.78 Å². The number of aliphatic carboxylic acids is 1. The summed E-state index contributed by atoms with van der Waals surface area (Å²) in [6, 6.07) is -0.679. The Morgan fingerprint density at radius 3 is 2.76 bits per heavy atom. The summed E-state index contributed by atoms with van der Waals surface area (Å²) in [5.74, 6) is -1.62. The Labute approximate surface area is 101 Å². The fourth-order valence-electron chi connectivity index (χ4n) is 0.977. The van der Waals surface area contributed by atoms with Crippen LogP contribution in [-0.2, 0) is 9.63 Å². The van der Waals surface area contributed by atoms with Crippen LogP contribution in [0, 0.1) is 0 Å². The smallest absolute Gasteiger partial charge is 0.360 e. The van der Waals surface area contributed by atoms with Crippen LogP contribution in [0.2, 0.25) is 0 Å². The molecule has 1 aromatic heterocycles. The van der Waals surface area contributed by atoms with Gasteiger partial charge in [-0.05, 0) is 6.92 Å². The molecule has 0 aliphatic carbocycles. The summed E-state index contributed by atoms with van der Waals surface area (Å²) in [6.45, 7) is 1.53. The van der Waals surface area contributed by atoms with Crippen LogP contribution in [-0.4, -0.2) is 40.7 Å². The van der Waals surface area contributed by atoms with E-state index in [4.69, 9.17) is 10.8 Å². The molecular weight excluding hydrogens is 246 g/mol. The Hall–Kier alpha value is -1.80. The molecule has 0 saturated heterocycles. The molecule has 8 heteroatoms. The highest BCUT2D eigenvalue weighted by molar-refractivity contribution is 7.12. The zero-order chi connectivity index (χ0) is 13.0. The number of oxime groups is 1. The van der Waals surface area contributed by atoms with E-state index in [1.165, 1.54) is 19.4 Å². The number of rotatable bonds is 5. The predicted octanol–water partition coefficient (Wildman–Crippen LogP) is 0.108. The van der Waals surface area contributed by atoms with Crippen LogP contribution in [0.15, 0.2) is 10.5 Å². The SMILES string of the molecule is CO/N=C(/C(=O)O)c1csc(C(=O)[C@H](C)N)n1. The average Bonchev–Trinajstić information content (AvgIpc) is 2.73. The van der Waals surface area contributed by atoms with Gasteiger partial charge in [0.1, 0.15) is 12.8 Å². The van der Waals surface area contributed by atoms with Crippen molar-refractivity contribution in [2.24, 2.45) is 10.9 Å². The maximum Gasteiger partial charge on any atom is 0.360 e. The minimum absolute atomic E-state index is 0.0772. The van der Waals surface area contributed by atoms with E-state index in [0.29, 0.717) is 0 Å². The zero-order valence-electron chi connectivity index (χ0n) is 9.21. The lowest BCUT2D eigenvalue weighted by atomic mass is 10.2. The van der Waals surface area contributed by atoms with Gasteiger partial charge in [-0.3, -0.25) is 4.79 Å². The highest BCUT2D eigenvalue weighted by Crippen LogP contribution is 2.13. The van der Waals surface area contributed by atoms with Crippen molar-refractivity contribution >= 4 is 28.8 Å². The topological polar surface area (TPSA) is 115 Å². The van der Waals surface area contributed by atoms with Crippen molar-refractivity contribution in [3.63, 3.8) is 0 Å². The van der Waals surface area contributed by atoms with Crippen molar-refractivity contribution in [1.82, 2.24) is 4.98 Å². The molecule has 1 atom stereocenters. The molecule has 0 bridgehead atoms. The molecule has 0 aromatic carbocycles. The number of carboxylic acids is 1. The van der Waals surface area contributed by atoms with Gasteiger partial charge in [0.15, 0.2) is 5.01 Å². The van der Waals surface area contributed by atoms with E-state index < -0.39 is 12.0 Å².